The van der Waals surface area contributed by atoms with Gasteiger partial charge in [-0.25, -0.2) is 8.42 Å². The van der Waals surface area contributed by atoms with Gasteiger partial charge in [0.1, 0.15) is 0 Å². The molecular formula is C13H22N2O2S. The first-order chi connectivity index (χ1) is 8.22. The molecule has 0 radical (unpaired) electrons. The first-order valence-electron chi connectivity index (χ1n) is 6.09. The van der Waals surface area contributed by atoms with E-state index in [1.165, 1.54) is 12.3 Å². The minimum absolute atomic E-state index is 0.0271. The van der Waals surface area contributed by atoms with Gasteiger partial charge in [0.2, 0.25) is 0 Å². The van der Waals surface area contributed by atoms with Gasteiger partial charge in [0.15, 0.2) is 9.84 Å². The summed E-state index contributed by atoms with van der Waals surface area (Å²) in [6, 6.07) is 4.82. The van der Waals surface area contributed by atoms with Crippen molar-refractivity contribution in [2.75, 3.05) is 17.3 Å². The van der Waals surface area contributed by atoms with Crippen LogP contribution in [-0.4, -0.2) is 20.2 Å². The molecule has 0 atom stereocenters. The lowest BCUT2D eigenvalue weighted by Gasteiger charge is -2.30. The second kappa shape index (κ2) is 5.18. The van der Waals surface area contributed by atoms with E-state index in [2.05, 4.69) is 26.1 Å². The van der Waals surface area contributed by atoms with Gasteiger partial charge < -0.3 is 11.1 Å². The number of nitrogens with one attached hydrogen (secondary N) is 1. The van der Waals surface area contributed by atoms with E-state index in [4.69, 9.17) is 5.73 Å². The highest BCUT2D eigenvalue weighted by Gasteiger charge is 2.20. The molecule has 0 aliphatic rings. The number of benzene rings is 1. The second-order valence-electron chi connectivity index (χ2n) is 4.91. The minimum Gasteiger partial charge on any atom is -0.397 e. The molecule has 0 aliphatic carbocycles. The molecule has 0 aromatic heterocycles. The van der Waals surface area contributed by atoms with Gasteiger partial charge in [-0.2, -0.15) is 0 Å². The molecule has 0 fully saturated rings. The summed E-state index contributed by atoms with van der Waals surface area (Å²) < 4.78 is 22.8. The van der Waals surface area contributed by atoms with Crippen LogP contribution in [0.5, 0.6) is 0 Å². The van der Waals surface area contributed by atoms with Crippen LogP contribution in [0.4, 0.5) is 11.4 Å². The average molecular weight is 270 g/mol. The van der Waals surface area contributed by atoms with Crippen molar-refractivity contribution < 1.29 is 8.42 Å². The predicted octanol–water partition coefficient (Wildman–Crippen LogP) is 2.66. The maximum Gasteiger partial charge on any atom is 0.175 e. The quantitative estimate of drug-likeness (QED) is 0.807. The van der Waals surface area contributed by atoms with Crippen molar-refractivity contribution in [3.8, 4) is 0 Å². The molecule has 1 aromatic rings. The highest BCUT2D eigenvalue weighted by Crippen LogP contribution is 2.28. The van der Waals surface area contributed by atoms with Crippen molar-refractivity contribution >= 4 is 21.2 Å². The number of anilines is 2. The SMILES string of the molecule is CCC(C)(CC)Nc1ccc(S(C)(=O)=O)cc1N. The Balaban J connectivity index is 3.08. The van der Waals surface area contributed by atoms with Gasteiger partial charge in [0, 0.05) is 11.8 Å². The fourth-order valence-corrected chi connectivity index (χ4v) is 2.29. The summed E-state index contributed by atoms with van der Waals surface area (Å²) in [5.74, 6) is 0. The van der Waals surface area contributed by atoms with Crippen LogP contribution in [0.3, 0.4) is 0 Å². The maximum atomic E-state index is 11.4. The number of rotatable bonds is 5. The smallest absolute Gasteiger partial charge is 0.175 e. The predicted molar refractivity (Wildman–Crippen MR) is 76.6 cm³/mol. The molecule has 0 unspecified atom stereocenters. The number of hydrogen-bond donors (Lipinski definition) is 2. The Hall–Kier alpha value is -1.23. The Morgan fingerprint density at radius 3 is 2.22 bits per heavy atom. The van der Waals surface area contributed by atoms with Crippen LogP contribution in [0.2, 0.25) is 0 Å². The summed E-state index contributed by atoms with van der Waals surface area (Å²) >= 11 is 0. The van der Waals surface area contributed by atoms with E-state index in [1.54, 1.807) is 12.1 Å². The van der Waals surface area contributed by atoms with Crippen LogP contribution in [0.1, 0.15) is 33.6 Å². The molecule has 5 heteroatoms. The normalized spacial score (nSPS) is 12.4. The van der Waals surface area contributed by atoms with E-state index < -0.39 is 9.84 Å². The van der Waals surface area contributed by atoms with E-state index in [-0.39, 0.29) is 10.4 Å². The van der Waals surface area contributed by atoms with Crippen molar-refractivity contribution in [3.63, 3.8) is 0 Å². The lowest BCUT2D eigenvalue weighted by molar-refractivity contribution is 0.479. The van der Waals surface area contributed by atoms with Crippen molar-refractivity contribution in [3.05, 3.63) is 18.2 Å². The Bertz CT molecular complexity index is 520. The van der Waals surface area contributed by atoms with Crippen LogP contribution < -0.4 is 11.1 Å². The first-order valence-corrected chi connectivity index (χ1v) is 7.99. The van der Waals surface area contributed by atoms with Gasteiger partial charge in [0.05, 0.1) is 16.3 Å². The zero-order chi connectivity index (χ0) is 14.0. The van der Waals surface area contributed by atoms with Gasteiger partial charge >= 0.3 is 0 Å². The zero-order valence-corrected chi connectivity index (χ0v) is 12.3. The highest BCUT2D eigenvalue weighted by molar-refractivity contribution is 7.90. The Kier molecular flexibility index (Phi) is 4.27. The summed E-state index contributed by atoms with van der Waals surface area (Å²) in [6.07, 6.45) is 3.12. The Labute approximate surface area is 110 Å². The van der Waals surface area contributed by atoms with Gasteiger partial charge in [-0.3, -0.25) is 0 Å². The molecule has 0 heterocycles. The molecule has 4 nitrogen and oxygen atoms in total. The minimum atomic E-state index is -3.20. The number of hydrogen-bond acceptors (Lipinski definition) is 4. The molecule has 1 rings (SSSR count). The lowest BCUT2D eigenvalue weighted by Crippen LogP contribution is -2.33. The molecule has 0 aliphatic heterocycles. The Morgan fingerprint density at radius 1 is 1.28 bits per heavy atom. The van der Waals surface area contributed by atoms with Crippen molar-refractivity contribution in [2.45, 2.75) is 44.0 Å². The van der Waals surface area contributed by atoms with Crippen LogP contribution >= 0.6 is 0 Å². The summed E-state index contributed by atoms with van der Waals surface area (Å²) in [5.41, 5.74) is 7.13. The van der Waals surface area contributed by atoms with Gasteiger partial charge in [-0.05, 0) is 38.0 Å². The highest BCUT2D eigenvalue weighted by atomic mass is 32.2. The summed E-state index contributed by atoms with van der Waals surface area (Å²) in [7, 11) is -3.20. The van der Waals surface area contributed by atoms with Gasteiger partial charge in [0.25, 0.3) is 0 Å². The molecule has 0 amide bonds. The molecule has 0 spiro atoms. The van der Waals surface area contributed by atoms with E-state index in [0.29, 0.717) is 5.69 Å². The molecule has 1 aromatic carbocycles. The molecule has 0 bridgehead atoms. The summed E-state index contributed by atoms with van der Waals surface area (Å²) in [6.45, 7) is 6.34. The summed E-state index contributed by atoms with van der Waals surface area (Å²) in [5, 5.41) is 3.38. The average Bonchev–Trinajstić information content (AvgIpc) is 2.30. The molecule has 3 N–H and O–H groups in total. The number of nitrogen functional groups attached to an aromatic ring is 1. The monoisotopic (exact) mass is 270 g/mol. The van der Waals surface area contributed by atoms with E-state index >= 15 is 0 Å². The first kappa shape index (κ1) is 14.8. The Morgan fingerprint density at radius 2 is 1.83 bits per heavy atom. The van der Waals surface area contributed by atoms with Crippen LogP contribution in [-0.2, 0) is 9.84 Å². The fraction of sp³-hybridized carbons (Fsp3) is 0.538. The van der Waals surface area contributed by atoms with Crippen molar-refractivity contribution in [2.24, 2.45) is 0 Å². The third kappa shape index (κ3) is 3.38. The topological polar surface area (TPSA) is 72.2 Å². The largest absolute Gasteiger partial charge is 0.397 e. The number of sulfone groups is 1. The van der Waals surface area contributed by atoms with E-state index in [1.807, 2.05) is 0 Å². The standard InChI is InChI=1S/C13H22N2O2S/c1-5-13(3,6-2)15-12-8-7-10(9-11(12)14)18(4,16)17/h7-9,15H,5-6,14H2,1-4H3. The second-order valence-corrected chi connectivity index (χ2v) is 6.93. The lowest BCUT2D eigenvalue weighted by atomic mass is 9.95. The molecular weight excluding hydrogens is 248 g/mol. The van der Waals surface area contributed by atoms with Gasteiger partial charge in [-0.15, -0.1) is 0 Å². The molecule has 102 valence electrons. The third-order valence-electron chi connectivity index (χ3n) is 3.45. The number of nitrogens with two attached hydrogens (primary N) is 1. The zero-order valence-electron chi connectivity index (χ0n) is 11.4. The van der Waals surface area contributed by atoms with Crippen LogP contribution in [0.15, 0.2) is 23.1 Å². The van der Waals surface area contributed by atoms with Crippen molar-refractivity contribution in [1.29, 1.82) is 0 Å². The summed E-state index contributed by atoms with van der Waals surface area (Å²) in [4.78, 5) is 0.250. The maximum absolute atomic E-state index is 11.4. The third-order valence-corrected chi connectivity index (χ3v) is 4.56. The van der Waals surface area contributed by atoms with E-state index in [0.717, 1.165) is 18.5 Å². The van der Waals surface area contributed by atoms with E-state index in [9.17, 15) is 8.42 Å². The van der Waals surface area contributed by atoms with Crippen molar-refractivity contribution in [1.82, 2.24) is 0 Å². The fourth-order valence-electron chi connectivity index (χ4n) is 1.64. The van der Waals surface area contributed by atoms with Crippen LogP contribution in [0.25, 0.3) is 0 Å². The molecule has 0 saturated carbocycles. The van der Waals surface area contributed by atoms with Gasteiger partial charge in [-0.1, -0.05) is 13.8 Å². The van der Waals surface area contributed by atoms with Crippen LogP contribution in [0, 0.1) is 0 Å². The molecule has 18 heavy (non-hydrogen) atoms. The molecule has 0 saturated heterocycles.